The van der Waals surface area contributed by atoms with Crippen molar-refractivity contribution in [2.75, 3.05) is 14.1 Å². The molecule has 0 amide bonds. The van der Waals surface area contributed by atoms with E-state index in [0.29, 0.717) is 29.5 Å². The molecule has 1 aromatic carbocycles. The van der Waals surface area contributed by atoms with E-state index in [1.807, 2.05) is 38.1 Å². The largest absolute Gasteiger partial charge is 0.361 e. The normalized spacial score (nSPS) is 14.8. The van der Waals surface area contributed by atoms with Gasteiger partial charge in [-0.2, -0.15) is 0 Å². The van der Waals surface area contributed by atoms with Gasteiger partial charge in [-0.15, -0.1) is 0 Å². The molecule has 1 N–H and O–H groups in total. The molecule has 0 fully saturated rings. The molecule has 0 saturated heterocycles. The summed E-state index contributed by atoms with van der Waals surface area (Å²) in [5, 5.41) is 4.87. The Bertz CT molecular complexity index is 1360. The maximum absolute atomic E-state index is 12.7. The van der Waals surface area contributed by atoms with Crippen LogP contribution in [-0.4, -0.2) is 37.0 Å². The topological polar surface area (TPSA) is 96.3 Å². The number of fused-ring (bicyclic) bond motifs is 1. The van der Waals surface area contributed by atoms with Gasteiger partial charge in [0.1, 0.15) is 5.76 Å². The number of H-pyrrole nitrogens is 1. The molecule has 0 radical (unpaired) electrons. The molecule has 2 heterocycles. The lowest BCUT2D eigenvalue weighted by molar-refractivity contribution is 0.393. The monoisotopic (exact) mass is 425 g/mol. The van der Waals surface area contributed by atoms with Crippen molar-refractivity contribution in [1.82, 2.24) is 14.4 Å². The van der Waals surface area contributed by atoms with E-state index in [2.05, 4.69) is 10.1 Å². The van der Waals surface area contributed by atoms with Crippen LogP contribution >= 0.6 is 0 Å². The molecule has 0 bridgehead atoms. The predicted octanol–water partition coefficient (Wildman–Crippen LogP) is 3.75. The fraction of sp³-hybridized carbons (Fsp3) is 0.273. The molecule has 0 atom stereocenters. The Labute approximate surface area is 174 Å². The second kappa shape index (κ2) is 7.37. The first-order chi connectivity index (χ1) is 14.2. The number of nitrogens with zero attached hydrogens (tertiary/aromatic N) is 2. The number of aryl methyl sites for hydroxylation is 2. The van der Waals surface area contributed by atoms with Crippen LogP contribution < -0.4 is 5.56 Å². The van der Waals surface area contributed by atoms with E-state index in [0.717, 1.165) is 28.0 Å². The van der Waals surface area contributed by atoms with Gasteiger partial charge in [0.25, 0.3) is 5.56 Å². The molecule has 0 saturated carbocycles. The maximum atomic E-state index is 12.7. The summed E-state index contributed by atoms with van der Waals surface area (Å²) in [4.78, 5) is 15.9. The van der Waals surface area contributed by atoms with Crippen LogP contribution in [0.2, 0.25) is 0 Å². The summed E-state index contributed by atoms with van der Waals surface area (Å²) in [7, 11) is -0.559. The Balaban J connectivity index is 1.84. The molecule has 30 heavy (non-hydrogen) atoms. The molecule has 4 rings (SSSR count). The molecular weight excluding hydrogens is 402 g/mol. The minimum atomic E-state index is -3.55. The smallest absolute Gasteiger partial charge is 0.255 e. The lowest BCUT2D eigenvalue weighted by Crippen LogP contribution is -2.24. The minimum absolute atomic E-state index is 0.220. The number of pyridine rings is 1. The van der Waals surface area contributed by atoms with Crippen molar-refractivity contribution in [2.45, 2.75) is 26.7 Å². The summed E-state index contributed by atoms with van der Waals surface area (Å²) < 4.78 is 31.5. The van der Waals surface area contributed by atoms with Crippen molar-refractivity contribution >= 4 is 26.5 Å². The van der Waals surface area contributed by atoms with Crippen LogP contribution in [-0.2, 0) is 10.0 Å². The van der Waals surface area contributed by atoms with Gasteiger partial charge in [-0.25, -0.2) is 12.7 Å². The summed E-state index contributed by atoms with van der Waals surface area (Å²) >= 11 is 0. The Morgan fingerprint density at radius 2 is 1.93 bits per heavy atom. The van der Waals surface area contributed by atoms with Gasteiger partial charge in [-0.05, 0) is 67.5 Å². The van der Waals surface area contributed by atoms with Gasteiger partial charge in [0.15, 0.2) is 0 Å². The van der Waals surface area contributed by atoms with Gasteiger partial charge in [0, 0.05) is 30.7 Å². The fourth-order valence-corrected chi connectivity index (χ4v) is 4.81. The zero-order valence-corrected chi connectivity index (χ0v) is 18.1. The van der Waals surface area contributed by atoms with Gasteiger partial charge >= 0.3 is 0 Å². The molecule has 2 aromatic heterocycles. The van der Waals surface area contributed by atoms with Crippen LogP contribution in [0.5, 0.6) is 0 Å². The zero-order chi connectivity index (χ0) is 21.6. The number of nitrogens with one attached hydrogen (secondary N) is 1. The van der Waals surface area contributed by atoms with E-state index in [-0.39, 0.29) is 10.5 Å². The molecular formula is C22H23N3O4S. The van der Waals surface area contributed by atoms with Gasteiger partial charge < -0.3 is 9.51 Å². The van der Waals surface area contributed by atoms with Gasteiger partial charge in [-0.1, -0.05) is 17.3 Å². The third-order valence-corrected chi connectivity index (χ3v) is 7.21. The average molecular weight is 426 g/mol. The molecule has 3 aromatic rings. The summed E-state index contributed by atoms with van der Waals surface area (Å²) in [5.74, 6) is 0.732. The highest BCUT2D eigenvalue weighted by molar-refractivity contribution is 7.93. The molecule has 7 nitrogen and oxygen atoms in total. The van der Waals surface area contributed by atoms with E-state index >= 15 is 0 Å². The summed E-state index contributed by atoms with van der Waals surface area (Å²) in [6.07, 6.45) is 4.46. The third kappa shape index (κ3) is 3.42. The third-order valence-electron chi connectivity index (χ3n) is 5.37. The Hall–Kier alpha value is -2.97. The number of aromatic nitrogens is 2. The highest BCUT2D eigenvalue weighted by Crippen LogP contribution is 2.32. The highest BCUT2D eigenvalue weighted by Gasteiger charge is 2.23. The summed E-state index contributed by atoms with van der Waals surface area (Å²) in [6, 6.07) is 7.60. The molecule has 8 heteroatoms. The molecule has 1 aliphatic rings. The predicted molar refractivity (Wildman–Crippen MR) is 117 cm³/mol. The van der Waals surface area contributed by atoms with Crippen molar-refractivity contribution in [1.29, 1.82) is 0 Å². The highest BCUT2D eigenvalue weighted by atomic mass is 32.2. The minimum Gasteiger partial charge on any atom is -0.361 e. The quantitative estimate of drug-likeness (QED) is 0.687. The van der Waals surface area contributed by atoms with E-state index in [9.17, 15) is 13.2 Å². The maximum Gasteiger partial charge on any atom is 0.255 e. The first-order valence-corrected chi connectivity index (χ1v) is 11.1. The van der Waals surface area contributed by atoms with Crippen LogP contribution in [0, 0.1) is 13.8 Å². The Morgan fingerprint density at radius 3 is 2.60 bits per heavy atom. The number of aromatic amines is 1. The second-order valence-electron chi connectivity index (χ2n) is 7.62. The van der Waals surface area contributed by atoms with Crippen molar-refractivity contribution in [2.24, 2.45) is 0 Å². The Kier molecular flexibility index (Phi) is 4.99. The standard InChI is InChI=1S/C22H23N3O4S/c1-13-21(14(2)29-24-13)16-8-9-20-17(10-16)12-19(22(26)23-20)15-6-5-7-18(11-15)30(27,28)25(3)4/h7-12H,5-6H2,1-4H3,(H,23,26). The van der Waals surface area contributed by atoms with Crippen molar-refractivity contribution < 1.29 is 12.9 Å². The number of allylic oxidation sites excluding steroid dienone is 3. The van der Waals surface area contributed by atoms with Gasteiger partial charge in [-0.3, -0.25) is 4.79 Å². The van der Waals surface area contributed by atoms with Gasteiger partial charge in [0.2, 0.25) is 10.0 Å². The molecule has 1 aliphatic carbocycles. The number of benzene rings is 1. The SMILES string of the molecule is Cc1noc(C)c1-c1ccc2[nH]c(=O)c(C3=CC(S(=O)(=O)N(C)C)=CCC3)cc2c1. The van der Waals surface area contributed by atoms with Crippen LogP contribution in [0.25, 0.3) is 27.6 Å². The van der Waals surface area contributed by atoms with Crippen molar-refractivity contribution in [3.8, 4) is 11.1 Å². The van der Waals surface area contributed by atoms with Crippen LogP contribution in [0.1, 0.15) is 29.9 Å². The molecule has 156 valence electrons. The van der Waals surface area contributed by atoms with E-state index < -0.39 is 10.0 Å². The molecule has 0 spiro atoms. The first kappa shape index (κ1) is 20.3. The fourth-order valence-electron chi connectivity index (χ4n) is 3.77. The number of rotatable bonds is 4. The van der Waals surface area contributed by atoms with Crippen molar-refractivity contribution in [3.05, 3.63) is 68.7 Å². The Morgan fingerprint density at radius 1 is 1.17 bits per heavy atom. The summed E-state index contributed by atoms with van der Waals surface area (Å²) in [5.41, 5.74) is 4.36. The first-order valence-electron chi connectivity index (χ1n) is 9.62. The van der Waals surface area contributed by atoms with Gasteiger partial charge in [0.05, 0.1) is 10.6 Å². The summed E-state index contributed by atoms with van der Waals surface area (Å²) in [6.45, 7) is 3.75. The molecule has 0 aliphatic heterocycles. The number of hydrogen-bond acceptors (Lipinski definition) is 5. The van der Waals surface area contributed by atoms with Crippen LogP contribution in [0.3, 0.4) is 0 Å². The second-order valence-corrected chi connectivity index (χ2v) is 9.77. The van der Waals surface area contributed by atoms with Crippen LogP contribution in [0.15, 0.2) is 50.6 Å². The van der Waals surface area contributed by atoms with Crippen molar-refractivity contribution in [3.63, 3.8) is 0 Å². The average Bonchev–Trinajstić information content (AvgIpc) is 3.05. The van der Waals surface area contributed by atoms with Crippen LogP contribution in [0.4, 0.5) is 0 Å². The van der Waals surface area contributed by atoms with E-state index in [4.69, 9.17) is 4.52 Å². The zero-order valence-electron chi connectivity index (χ0n) is 17.3. The number of hydrogen-bond donors (Lipinski definition) is 1. The number of sulfonamides is 1. The lowest BCUT2D eigenvalue weighted by atomic mass is 9.96. The lowest BCUT2D eigenvalue weighted by Gasteiger charge is -2.17. The van der Waals surface area contributed by atoms with E-state index in [1.54, 1.807) is 12.2 Å². The molecule has 0 unspecified atom stereocenters. The van der Waals surface area contributed by atoms with E-state index in [1.165, 1.54) is 18.4 Å².